The number of benzene rings is 1. The van der Waals surface area contributed by atoms with Gasteiger partial charge in [0, 0.05) is 37.5 Å². The smallest absolute Gasteiger partial charge is 0.271 e. The SMILES string of the molecule is COCc1ccc(-c2ccc3nnc(C(N)=O)c(N[C@@H](C)c4nn(C)cc4C)c3c2)cn1. The van der Waals surface area contributed by atoms with E-state index in [0.29, 0.717) is 17.8 Å². The molecule has 9 heteroatoms. The van der Waals surface area contributed by atoms with E-state index in [1.807, 2.05) is 57.4 Å². The molecule has 0 saturated heterocycles. The molecule has 164 valence electrons. The molecule has 0 aliphatic rings. The second-order valence-corrected chi connectivity index (χ2v) is 7.73. The van der Waals surface area contributed by atoms with Crippen LogP contribution < -0.4 is 11.1 Å². The molecule has 0 saturated carbocycles. The minimum Gasteiger partial charge on any atom is -0.378 e. The van der Waals surface area contributed by atoms with Crippen molar-refractivity contribution >= 4 is 22.5 Å². The third kappa shape index (κ3) is 4.15. The molecule has 0 unspecified atom stereocenters. The van der Waals surface area contributed by atoms with Gasteiger partial charge in [-0.05, 0) is 43.2 Å². The fourth-order valence-electron chi connectivity index (χ4n) is 3.77. The maximum atomic E-state index is 12.1. The van der Waals surface area contributed by atoms with E-state index in [2.05, 4.69) is 25.6 Å². The lowest BCUT2D eigenvalue weighted by Gasteiger charge is -2.18. The minimum atomic E-state index is -0.650. The maximum absolute atomic E-state index is 12.1. The predicted molar refractivity (Wildman–Crippen MR) is 122 cm³/mol. The van der Waals surface area contributed by atoms with Crippen molar-refractivity contribution in [1.29, 1.82) is 0 Å². The lowest BCUT2D eigenvalue weighted by Crippen LogP contribution is -2.19. The Morgan fingerprint density at radius 1 is 1.22 bits per heavy atom. The molecule has 4 rings (SSSR count). The summed E-state index contributed by atoms with van der Waals surface area (Å²) in [6, 6.07) is 9.51. The molecule has 0 bridgehead atoms. The molecule has 1 amide bonds. The summed E-state index contributed by atoms with van der Waals surface area (Å²) in [6.07, 6.45) is 3.75. The first kappa shape index (κ1) is 21.4. The van der Waals surface area contributed by atoms with E-state index < -0.39 is 5.91 Å². The van der Waals surface area contributed by atoms with Crippen LogP contribution in [0.4, 0.5) is 5.69 Å². The molecule has 9 nitrogen and oxygen atoms in total. The Bertz CT molecular complexity index is 1280. The number of nitrogens with zero attached hydrogens (tertiary/aromatic N) is 5. The van der Waals surface area contributed by atoms with Crippen LogP contribution >= 0.6 is 0 Å². The number of nitrogens with one attached hydrogen (secondary N) is 1. The Morgan fingerprint density at radius 3 is 2.62 bits per heavy atom. The zero-order valence-corrected chi connectivity index (χ0v) is 18.5. The Hall–Kier alpha value is -3.85. The summed E-state index contributed by atoms with van der Waals surface area (Å²) in [5.74, 6) is -0.650. The van der Waals surface area contributed by atoms with Crippen LogP contribution in [0.3, 0.4) is 0 Å². The number of methoxy groups -OCH3 is 1. The van der Waals surface area contributed by atoms with Crippen molar-refractivity contribution in [2.45, 2.75) is 26.5 Å². The Morgan fingerprint density at radius 2 is 2.00 bits per heavy atom. The Kier molecular flexibility index (Phi) is 5.83. The van der Waals surface area contributed by atoms with E-state index in [1.165, 1.54) is 0 Å². The van der Waals surface area contributed by atoms with E-state index in [4.69, 9.17) is 10.5 Å². The highest BCUT2D eigenvalue weighted by atomic mass is 16.5. The Labute approximate surface area is 185 Å². The lowest BCUT2D eigenvalue weighted by molar-refractivity contribution is 0.0995. The average Bonchev–Trinajstić information content (AvgIpc) is 3.12. The van der Waals surface area contributed by atoms with E-state index in [9.17, 15) is 4.79 Å². The van der Waals surface area contributed by atoms with Gasteiger partial charge in [-0.15, -0.1) is 10.2 Å². The van der Waals surface area contributed by atoms with Crippen LogP contribution in [0.25, 0.3) is 22.0 Å². The third-order valence-electron chi connectivity index (χ3n) is 5.27. The normalized spacial score (nSPS) is 12.1. The molecule has 3 heterocycles. The molecule has 1 aromatic carbocycles. The fraction of sp³-hybridized carbons (Fsp3) is 0.261. The first-order chi connectivity index (χ1) is 15.4. The van der Waals surface area contributed by atoms with E-state index >= 15 is 0 Å². The first-order valence-corrected chi connectivity index (χ1v) is 10.2. The number of primary amides is 1. The molecule has 3 aromatic heterocycles. The van der Waals surface area contributed by atoms with Gasteiger partial charge in [-0.3, -0.25) is 14.5 Å². The number of pyridine rings is 1. The van der Waals surface area contributed by atoms with Gasteiger partial charge in [0.1, 0.15) is 0 Å². The number of nitrogens with two attached hydrogens (primary N) is 1. The zero-order valence-electron chi connectivity index (χ0n) is 18.5. The number of rotatable bonds is 7. The van der Waals surface area contributed by atoms with Crippen LogP contribution in [-0.4, -0.2) is 38.0 Å². The van der Waals surface area contributed by atoms with Gasteiger partial charge >= 0.3 is 0 Å². The molecule has 3 N–H and O–H groups in total. The number of carbonyl (C=O) groups is 1. The number of ether oxygens (including phenoxy) is 1. The van der Waals surface area contributed by atoms with Crippen LogP contribution in [0.2, 0.25) is 0 Å². The van der Waals surface area contributed by atoms with Gasteiger partial charge in [0.15, 0.2) is 5.69 Å². The van der Waals surface area contributed by atoms with Crippen molar-refractivity contribution in [3.8, 4) is 11.1 Å². The van der Waals surface area contributed by atoms with Crippen molar-refractivity contribution in [3.63, 3.8) is 0 Å². The van der Waals surface area contributed by atoms with Crippen LogP contribution in [0.1, 0.15) is 40.4 Å². The minimum absolute atomic E-state index is 0.0867. The van der Waals surface area contributed by atoms with Crippen molar-refractivity contribution in [1.82, 2.24) is 25.0 Å². The number of aromatic nitrogens is 5. The van der Waals surface area contributed by atoms with Gasteiger partial charge in [0.25, 0.3) is 5.91 Å². The van der Waals surface area contributed by atoms with Crippen molar-refractivity contribution < 1.29 is 9.53 Å². The molecular weight excluding hydrogens is 406 g/mol. The molecule has 32 heavy (non-hydrogen) atoms. The topological polar surface area (TPSA) is 121 Å². The molecule has 1 atom stereocenters. The summed E-state index contributed by atoms with van der Waals surface area (Å²) < 4.78 is 6.89. The maximum Gasteiger partial charge on any atom is 0.271 e. The Balaban J connectivity index is 1.80. The highest BCUT2D eigenvalue weighted by Gasteiger charge is 2.20. The summed E-state index contributed by atoms with van der Waals surface area (Å²) in [5.41, 5.74) is 11.5. The average molecular weight is 432 g/mol. The summed E-state index contributed by atoms with van der Waals surface area (Å²) in [6.45, 7) is 4.43. The van der Waals surface area contributed by atoms with Crippen molar-refractivity contribution in [2.75, 3.05) is 12.4 Å². The second-order valence-electron chi connectivity index (χ2n) is 7.73. The summed E-state index contributed by atoms with van der Waals surface area (Å²) >= 11 is 0. The number of fused-ring (bicyclic) bond motifs is 1. The molecule has 0 spiro atoms. The number of hydrogen-bond donors (Lipinski definition) is 2. The second kappa shape index (κ2) is 8.72. The van der Waals surface area contributed by atoms with Gasteiger partial charge < -0.3 is 15.8 Å². The lowest BCUT2D eigenvalue weighted by atomic mass is 10.0. The largest absolute Gasteiger partial charge is 0.378 e. The van der Waals surface area contributed by atoms with Crippen molar-refractivity contribution in [2.24, 2.45) is 12.8 Å². The summed E-state index contributed by atoms with van der Waals surface area (Å²) in [4.78, 5) is 16.6. The van der Waals surface area contributed by atoms with Gasteiger partial charge in [-0.25, -0.2) is 0 Å². The molecule has 0 radical (unpaired) electrons. The standard InChI is InChI=1S/C23H25N7O2/c1-13-11-30(3)29-20(13)14(2)26-21-18-9-15(16-5-7-17(12-32-4)25-10-16)6-8-19(18)27-28-22(21)23(24)31/h5-11,14H,12H2,1-4H3,(H2,24,31)(H,26,27)/t14-/m0/s1. The quantitative estimate of drug-likeness (QED) is 0.461. The molecule has 0 fully saturated rings. The fourth-order valence-corrected chi connectivity index (χ4v) is 3.77. The number of anilines is 1. The van der Waals surface area contributed by atoms with Gasteiger partial charge in [0.05, 0.1) is 35.2 Å². The predicted octanol–water partition coefficient (Wildman–Crippen LogP) is 3.15. The van der Waals surface area contributed by atoms with E-state index in [-0.39, 0.29) is 11.7 Å². The van der Waals surface area contributed by atoms with E-state index in [0.717, 1.165) is 33.5 Å². The molecular formula is C23H25N7O2. The van der Waals surface area contributed by atoms with Crippen LogP contribution in [0, 0.1) is 6.92 Å². The van der Waals surface area contributed by atoms with Crippen molar-refractivity contribution in [3.05, 3.63) is 65.4 Å². The molecule has 0 aliphatic carbocycles. The number of aryl methyl sites for hydroxylation is 2. The molecule has 0 aliphatic heterocycles. The van der Waals surface area contributed by atoms with Crippen LogP contribution in [0.5, 0.6) is 0 Å². The monoisotopic (exact) mass is 431 g/mol. The highest BCUT2D eigenvalue weighted by molar-refractivity contribution is 6.05. The third-order valence-corrected chi connectivity index (χ3v) is 5.27. The highest BCUT2D eigenvalue weighted by Crippen LogP contribution is 2.32. The zero-order chi connectivity index (χ0) is 22.8. The van der Waals surface area contributed by atoms with E-state index in [1.54, 1.807) is 18.0 Å². The van der Waals surface area contributed by atoms with Gasteiger partial charge in [-0.2, -0.15) is 5.10 Å². The number of amides is 1. The van der Waals surface area contributed by atoms with Gasteiger partial charge in [-0.1, -0.05) is 12.1 Å². The van der Waals surface area contributed by atoms with Crippen LogP contribution in [0.15, 0.2) is 42.7 Å². The number of carbonyl (C=O) groups excluding carboxylic acids is 1. The summed E-state index contributed by atoms with van der Waals surface area (Å²) in [7, 11) is 3.51. The van der Waals surface area contributed by atoms with Crippen LogP contribution in [-0.2, 0) is 18.4 Å². The molecule has 4 aromatic rings. The number of hydrogen-bond acceptors (Lipinski definition) is 7. The van der Waals surface area contributed by atoms with Gasteiger partial charge in [0.2, 0.25) is 0 Å². The summed E-state index contributed by atoms with van der Waals surface area (Å²) in [5, 5.41) is 16.9. The first-order valence-electron chi connectivity index (χ1n) is 10.2.